The number of hydrogen-bond donors (Lipinski definition) is 1. The molecule has 2 heterocycles. The van der Waals surface area contributed by atoms with Gasteiger partial charge >= 0.3 is 5.97 Å². The van der Waals surface area contributed by atoms with Gasteiger partial charge in [-0.1, -0.05) is 41.2 Å². The Bertz CT molecular complexity index is 1500. The Balaban J connectivity index is 1.93. The molecule has 3 aromatic rings. The third-order valence-corrected chi connectivity index (χ3v) is 7.15. The molecule has 0 fully saturated rings. The highest BCUT2D eigenvalue weighted by Crippen LogP contribution is 2.36. The van der Waals surface area contributed by atoms with Gasteiger partial charge in [0, 0.05) is 0 Å². The van der Waals surface area contributed by atoms with E-state index in [4.69, 9.17) is 9.47 Å². The predicted molar refractivity (Wildman–Crippen MR) is 139 cm³/mol. The molecule has 0 unspecified atom stereocenters. The molecule has 35 heavy (non-hydrogen) atoms. The number of esters is 1. The molecule has 0 aliphatic carbocycles. The summed E-state index contributed by atoms with van der Waals surface area (Å²) < 4.78 is 13.3. The number of carbonyl (C=O) groups excluding carboxylic acids is 1. The molecule has 0 bridgehead atoms. The van der Waals surface area contributed by atoms with Gasteiger partial charge in [0.1, 0.15) is 0 Å². The van der Waals surface area contributed by atoms with Crippen LogP contribution in [0, 0.1) is 6.92 Å². The molecule has 0 amide bonds. The Morgan fingerprint density at radius 3 is 2.57 bits per heavy atom. The topological polar surface area (TPSA) is 90.1 Å². The summed E-state index contributed by atoms with van der Waals surface area (Å²) in [7, 11) is 0. The van der Waals surface area contributed by atoms with E-state index in [1.165, 1.54) is 11.3 Å². The van der Waals surface area contributed by atoms with Crippen LogP contribution in [-0.4, -0.2) is 28.9 Å². The lowest BCUT2D eigenvalue weighted by atomic mass is 9.95. The normalized spacial score (nSPS) is 15.6. The van der Waals surface area contributed by atoms with Gasteiger partial charge in [-0.2, -0.15) is 0 Å². The standard InChI is InChI=1S/C26H25BrN2O5S/c1-5-33-19-12-16(11-18(27)23(19)30)13-20-24(31)29-22(17-9-7-14(3)8-10-17)21(25(32)34-6-2)15(4)28-26(29)35-20/h7-13,22,30H,5-6H2,1-4H3/t22-/m1/s1. The fourth-order valence-corrected chi connectivity index (χ4v) is 5.46. The molecule has 0 saturated carbocycles. The van der Waals surface area contributed by atoms with E-state index in [9.17, 15) is 14.7 Å². The summed E-state index contributed by atoms with van der Waals surface area (Å²) in [6, 6.07) is 10.5. The van der Waals surface area contributed by atoms with Crippen LogP contribution in [0.3, 0.4) is 0 Å². The van der Waals surface area contributed by atoms with Crippen molar-refractivity contribution in [2.75, 3.05) is 13.2 Å². The van der Waals surface area contributed by atoms with Gasteiger partial charge in [-0.05, 0) is 73.0 Å². The van der Waals surface area contributed by atoms with E-state index in [1.807, 2.05) is 38.1 Å². The van der Waals surface area contributed by atoms with Gasteiger partial charge in [-0.15, -0.1) is 0 Å². The number of aryl methyl sites for hydroxylation is 1. The second-order valence-electron chi connectivity index (χ2n) is 8.00. The third-order valence-electron chi connectivity index (χ3n) is 5.56. The minimum absolute atomic E-state index is 0.000431. The molecule has 1 aromatic heterocycles. The number of aromatic hydroxyl groups is 1. The summed E-state index contributed by atoms with van der Waals surface area (Å²) >= 11 is 4.58. The third kappa shape index (κ3) is 4.83. The number of rotatable bonds is 6. The van der Waals surface area contributed by atoms with E-state index in [2.05, 4.69) is 20.9 Å². The van der Waals surface area contributed by atoms with Gasteiger partial charge in [0.25, 0.3) is 5.56 Å². The molecule has 9 heteroatoms. The first-order valence-electron chi connectivity index (χ1n) is 11.2. The average Bonchev–Trinajstić information content (AvgIpc) is 3.11. The van der Waals surface area contributed by atoms with Crippen molar-refractivity contribution in [2.24, 2.45) is 4.99 Å². The van der Waals surface area contributed by atoms with E-state index < -0.39 is 12.0 Å². The number of benzene rings is 2. The average molecular weight is 557 g/mol. The van der Waals surface area contributed by atoms with E-state index in [-0.39, 0.29) is 17.9 Å². The smallest absolute Gasteiger partial charge is 0.338 e. The second kappa shape index (κ2) is 10.2. The first kappa shape index (κ1) is 24.9. The highest BCUT2D eigenvalue weighted by atomic mass is 79.9. The first-order valence-corrected chi connectivity index (χ1v) is 12.8. The number of thiazole rings is 1. The maximum absolute atomic E-state index is 13.7. The van der Waals surface area contributed by atoms with Gasteiger partial charge in [0.05, 0.1) is 39.5 Å². The lowest BCUT2D eigenvalue weighted by molar-refractivity contribution is -0.139. The molecule has 1 N–H and O–H groups in total. The Morgan fingerprint density at radius 1 is 1.20 bits per heavy atom. The van der Waals surface area contributed by atoms with Gasteiger partial charge < -0.3 is 14.6 Å². The second-order valence-corrected chi connectivity index (χ2v) is 9.86. The van der Waals surface area contributed by atoms with Crippen LogP contribution in [0.4, 0.5) is 0 Å². The van der Waals surface area contributed by atoms with Crippen molar-refractivity contribution in [1.29, 1.82) is 0 Å². The van der Waals surface area contributed by atoms with Crippen molar-refractivity contribution in [1.82, 2.24) is 4.57 Å². The van der Waals surface area contributed by atoms with E-state index in [0.29, 0.717) is 43.0 Å². The molecular weight excluding hydrogens is 532 g/mol. The van der Waals surface area contributed by atoms with Crippen LogP contribution >= 0.6 is 27.3 Å². The van der Waals surface area contributed by atoms with Crippen LogP contribution < -0.4 is 19.6 Å². The van der Waals surface area contributed by atoms with E-state index in [0.717, 1.165) is 11.1 Å². The van der Waals surface area contributed by atoms with Crippen LogP contribution in [-0.2, 0) is 9.53 Å². The lowest BCUT2D eigenvalue weighted by Crippen LogP contribution is -2.39. The number of fused-ring (bicyclic) bond motifs is 1. The summed E-state index contributed by atoms with van der Waals surface area (Å²) in [5, 5.41) is 10.2. The number of aromatic nitrogens is 1. The minimum atomic E-state index is -0.654. The van der Waals surface area contributed by atoms with Crippen LogP contribution in [0.1, 0.15) is 43.5 Å². The number of phenolic OH excluding ortho intramolecular Hbond substituents is 1. The molecule has 2 aromatic carbocycles. The fraction of sp³-hybridized carbons (Fsp3) is 0.269. The Kier molecular flexibility index (Phi) is 7.28. The Morgan fingerprint density at radius 2 is 1.91 bits per heavy atom. The molecule has 1 aliphatic rings. The summed E-state index contributed by atoms with van der Waals surface area (Å²) in [6.07, 6.45) is 1.73. The number of ether oxygens (including phenoxy) is 2. The maximum atomic E-state index is 13.7. The number of halogens is 1. The van der Waals surface area contributed by atoms with E-state index in [1.54, 1.807) is 36.6 Å². The maximum Gasteiger partial charge on any atom is 0.338 e. The number of nitrogens with zero attached hydrogens (tertiary/aromatic N) is 2. The van der Waals surface area contributed by atoms with Gasteiger partial charge in [-0.3, -0.25) is 9.36 Å². The minimum Gasteiger partial charge on any atom is -0.503 e. The number of hydrogen-bond acceptors (Lipinski definition) is 7. The van der Waals surface area contributed by atoms with Crippen molar-refractivity contribution in [3.63, 3.8) is 0 Å². The summed E-state index contributed by atoms with van der Waals surface area (Å²) in [6.45, 7) is 7.92. The molecule has 4 rings (SSSR count). The van der Waals surface area contributed by atoms with Crippen molar-refractivity contribution < 1.29 is 19.4 Å². The van der Waals surface area contributed by atoms with Crippen molar-refractivity contribution in [2.45, 2.75) is 33.7 Å². The Hall–Kier alpha value is -3.17. The van der Waals surface area contributed by atoms with E-state index >= 15 is 0 Å². The van der Waals surface area contributed by atoms with Crippen LogP contribution in [0.2, 0.25) is 0 Å². The summed E-state index contributed by atoms with van der Waals surface area (Å²) in [4.78, 5) is 31.7. The largest absolute Gasteiger partial charge is 0.503 e. The van der Waals surface area contributed by atoms with Crippen LogP contribution in [0.15, 0.2) is 61.9 Å². The number of phenols is 1. The number of allylic oxidation sites excluding steroid dienone is 1. The first-order chi connectivity index (χ1) is 16.7. The summed E-state index contributed by atoms with van der Waals surface area (Å²) in [5.41, 5.74) is 3.15. The Labute approximate surface area is 214 Å². The predicted octanol–water partition coefficient (Wildman–Crippen LogP) is 3.97. The van der Waals surface area contributed by atoms with Gasteiger partial charge in [-0.25, -0.2) is 9.79 Å². The molecule has 1 aliphatic heterocycles. The fourth-order valence-electron chi connectivity index (χ4n) is 3.95. The zero-order valence-electron chi connectivity index (χ0n) is 19.8. The van der Waals surface area contributed by atoms with Crippen LogP contribution in [0.5, 0.6) is 11.5 Å². The van der Waals surface area contributed by atoms with Crippen molar-refractivity contribution >= 4 is 39.3 Å². The molecular formula is C26H25BrN2O5S. The molecule has 0 radical (unpaired) electrons. The quantitative estimate of drug-likeness (QED) is 0.464. The van der Waals surface area contributed by atoms with Gasteiger partial charge in [0.15, 0.2) is 16.3 Å². The highest BCUT2D eigenvalue weighted by molar-refractivity contribution is 9.10. The lowest BCUT2D eigenvalue weighted by Gasteiger charge is -2.24. The SMILES string of the molecule is CCOC(=O)C1=C(C)N=c2sc(=Cc3cc(Br)c(O)c(OCC)c3)c(=O)n2[C@@H]1c1ccc(C)cc1. The zero-order chi connectivity index (χ0) is 25.3. The molecule has 0 spiro atoms. The van der Waals surface area contributed by atoms with Crippen molar-refractivity contribution in [3.8, 4) is 11.5 Å². The highest BCUT2D eigenvalue weighted by Gasteiger charge is 2.33. The molecule has 0 saturated heterocycles. The molecule has 7 nitrogen and oxygen atoms in total. The van der Waals surface area contributed by atoms with Crippen LogP contribution in [0.25, 0.3) is 6.08 Å². The zero-order valence-corrected chi connectivity index (χ0v) is 22.2. The number of carbonyl (C=O) groups is 1. The molecule has 1 atom stereocenters. The van der Waals surface area contributed by atoms with Crippen molar-refractivity contribution in [3.05, 3.63) is 88.5 Å². The molecule has 182 valence electrons. The summed E-state index contributed by atoms with van der Waals surface area (Å²) in [5.74, 6) is -0.171. The van der Waals surface area contributed by atoms with Gasteiger partial charge in [0.2, 0.25) is 0 Å². The monoisotopic (exact) mass is 556 g/mol.